The van der Waals surface area contributed by atoms with Crippen LogP contribution in [0.5, 0.6) is 5.75 Å². The molecule has 0 radical (unpaired) electrons. The van der Waals surface area contributed by atoms with Crippen molar-refractivity contribution in [2.45, 2.75) is 83.7 Å². The van der Waals surface area contributed by atoms with Gasteiger partial charge in [-0.2, -0.15) is 0 Å². The van der Waals surface area contributed by atoms with Gasteiger partial charge in [-0.1, -0.05) is 18.9 Å². The quantitative estimate of drug-likeness (QED) is 0.125. The predicted octanol–water partition coefficient (Wildman–Crippen LogP) is 3.79. The zero-order valence-corrected chi connectivity index (χ0v) is 32.3. The van der Waals surface area contributed by atoms with Crippen LogP contribution in [-0.4, -0.2) is 104 Å². The molecule has 57 heavy (non-hydrogen) atoms. The number of aromatic nitrogens is 4. The number of nitrogens with one attached hydrogen (secondary N) is 1. The van der Waals surface area contributed by atoms with Gasteiger partial charge in [-0.05, 0) is 82.3 Å². The molecule has 6 heterocycles. The third kappa shape index (κ3) is 7.43. The highest BCUT2D eigenvalue weighted by Crippen LogP contribution is 2.34. The van der Waals surface area contributed by atoms with Crippen LogP contribution in [0.15, 0.2) is 47.5 Å². The summed E-state index contributed by atoms with van der Waals surface area (Å²) >= 11 is 0. The summed E-state index contributed by atoms with van der Waals surface area (Å²) in [5.41, 5.74) is 3.44. The highest BCUT2D eigenvalue weighted by atomic mass is 16.5. The fraction of sp³-hybridized carbons (Fsp3) is 0.452. The zero-order valence-electron chi connectivity index (χ0n) is 32.3. The number of benzene rings is 1. The van der Waals surface area contributed by atoms with Crippen molar-refractivity contribution in [3.05, 3.63) is 86.9 Å². The number of pyridine rings is 2. The first-order valence-corrected chi connectivity index (χ1v) is 19.9. The first-order chi connectivity index (χ1) is 27.6. The molecule has 4 amide bonds. The van der Waals surface area contributed by atoms with E-state index in [-0.39, 0.29) is 46.9 Å². The number of carbonyl (C=O) groups is 5. The molecule has 0 spiro atoms. The number of carbonyl (C=O) groups excluding carboxylic acids is 5. The normalized spacial score (nSPS) is 19.1. The van der Waals surface area contributed by atoms with Crippen LogP contribution < -0.4 is 20.5 Å². The Morgan fingerprint density at radius 2 is 1.70 bits per heavy atom. The van der Waals surface area contributed by atoms with Crippen LogP contribution >= 0.6 is 0 Å². The maximum absolute atomic E-state index is 13.6. The minimum absolute atomic E-state index is 0.0271. The molecule has 8 rings (SSSR count). The molecular weight excluding hydrogens is 729 g/mol. The second kappa shape index (κ2) is 16.0. The monoisotopic (exact) mass is 774 g/mol. The number of piperazine rings is 1. The van der Waals surface area contributed by atoms with Crippen LogP contribution in [0.2, 0.25) is 0 Å². The van der Waals surface area contributed by atoms with Crippen molar-refractivity contribution in [1.29, 1.82) is 0 Å². The number of piperidine rings is 1. The minimum atomic E-state index is -1.02. The van der Waals surface area contributed by atoms with Crippen LogP contribution in [0.25, 0.3) is 11.0 Å². The van der Waals surface area contributed by atoms with E-state index in [4.69, 9.17) is 14.7 Å². The van der Waals surface area contributed by atoms with Gasteiger partial charge in [-0.3, -0.25) is 53.4 Å². The van der Waals surface area contributed by atoms with Crippen LogP contribution in [0, 0.1) is 6.92 Å². The molecular formula is C42H46N8O7. The predicted molar refractivity (Wildman–Crippen MR) is 210 cm³/mol. The van der Waals surface area contributed by atoms with Crippen LogP contribution in [0.4, 0.5) is 5.69 Å². The molecule has 4 aliphatic rings. The number of amides is 4. The molecule has 1 atom stereocenters. The summed E-state index contributed by atoms with van der Waals surface area (Å²) in [6, 6.07) is 7.98. The second-order valence-electron chi connectivity index (χ2n) is 15.4. The van der Waals surface area contributed by atoms with Crippen molar-refractivity contribution in [2.24, 2.45) is 0 Å². The van der Waals surface area contributed by atoms with Crippen molar-refractivity contribution in [3.8, 4) is 5.75 Å². The number of unbranched alkanes of at least 4 members (excludes halogenated alkanes) is 1. The summed E-state index contributed by atoms with van der Waals surface area (Å²) < 4.78 is 7.75. The molecule has 1 N–H and O–H groups in total. The van der Waals surface area contributed by atoms with Crippen molar-refractivity contribution < 1.29 is 28.7 Å². The zero-order chi connectivity index (χ0) is 39.8. The number of imide groups is 2. The second-order valence-corrected chi connectivity index (χ2v) is 15.4. The van der Waals surface area contributed by atoms with E-state index < -0.39 is 29.7 Å². The first-order valence-electron chi connectivity index (χ1n) is 19.9. The number of fused-ring (bicyclic) bond motifs is 2. The lowest BCUT2D eigenvalue weighted by Crippen LogP contribution is -2.54. The third-order valence-corrected chi connectivity index (χ3v) is 11.7. The van der Waals surface area contributed by atoms with Gasteiger partial charge in [0.25, 0.3) is 17.4 Å². The molecule has 3 aliphatic heterocycles. The summed E-state index contributed by atoms with van der Waals surface area (Å²) in [4.78, 5) is 96.4. The van der Waals surface area contributed by atoms with E-state index in [1.807, 2.05) is 12.3 Å². The van der Waals surface area contributed by atoms with Crippen LogP contribution in [-0.2, 0) is 16.0 Å². The van der Waals surface area contributed by atoms with Crippen LogP contribution in [0.1, 0.15) is 112 Å². The van der Waals surface area contributed by atoms with Gasteiger partial charge < -0.3 is 9.64 Å². The summed E-state index contributed by atoms with van der Waals surface area (Å²) in [5, 5.41) is 2.95. The Labute approximate surface area is 329 Å². The summed E-state index contributed by atoms with van der Waals surface area (Å²) in [7, 11) is 0. The van der Waals surface area contributed by atoms with E-state index in [9.17, 15) is 28.8 Å². The molecule has 3 fully saturated rings. The number of hydrogen-bond donors (Lipinski definition) is 1. The summed E-state index contributed by atoms with van der Waals surface area (Å²) in [6.45, 7) is 8.05. The standard InChI is InChI=1S/C42H46N8O7/c1-25-31-24-44-34(45-38(31)49(28-8-3-4-9-28)41(55)36(25)26(2)51)22-27-12-13-29(23-43-27)48-19-17-47(18-20-48)16-5-6-21-57-33-11-7-10-30-37(33)42(56)50(40(30)54)32-14-15-35(52)46-39(32)53/h7,10-13,23-24,28,32H,3-6,8-9,14-22H2,1-2H3,(H,46,52,53). The largest absolute Gasteiger partial charge is 0.493 e. The maximum Gasteiger partial charge on any atom is 0.266 e. The average Bonchev–Trinajstić information content (AvgIpc) is 3.82. The Kier molecular flexibility index (Phi) is 10.7. The Morgan fingerprint density at radius 1 is 0.912 bits per heavy atom. The van der Waals surface area contributed by atoms with Crippen LogP contribution in [0.3, 0.4) is 0 Å². The number of hydrogen-bond acceptors (Lipinski definition) is 12. The van der Waals surface area contributed by atoms with E-state index in [0.29, 0.717) is 35.8 Å². The molecule has 15 heteroatoms. The SMILES string of the molecule is CC(=O)c1c(C)c2cnc(Cc3ccc(N4CCN(CCCCOc5cccc6c5C(=O)N(C5CCC(=O)NC5=O)C6=O)CC4)cn3)nc2n(C2CCCC2)c1=O. The van der Waals surface area contributed by atoms with E-state index in [0.717, 1.165) is 92.9 Å². The van der Waals surface area contributed by atoms with Gasteiger partial charge in [0.1, 0.15) is 23.3 Å². The number of nitrogens with zero attached hydrogens (tertiary/aromatic N) is 7. The molecule has 4 aromatic rings. The molecule has 15 nitrogen and oxygen atoms in total. The Bertz CT molecular complexity index is 2330. The van der Waals surface area contributed by atoms with Gasteiger partial charge in [0.2, 0.25) is 11.8 Å². The number of Topliss-reactive ketones (excluding diaryl/α,β-unsaturated/α-hetero) is 1. The fourth-order valence-corrected chi connectivity index (χ4v) is 8.69. The topological polar surface area (TPSA) is 177 Å². The number of rotatable bonds is 12. The number of aryl methyl sites for hydroxylation is 1. The molecule has 1 unspecified atom stereocenters. The molecule has 1 saturated carbocycles. The number of anilines is 1. The Balaban J connectivity index is 0.818. The maximum atomic E-state index is 13.6. The molecule has 3 aromatic heterocycles. The molecule has 1 aromatic carbocycles. The number of ketones is 1. The van der Waals surface area contributed by atoms with E-state index >= 15 is 0 Å². The van der Waals surface area contributed by atoms with Gasteiger partial charge in [0, 0.05) is 55.9 Å². The summed E-state index contributed by atoms with van der Waals surface area (Å²) in [5.74, 6) is -1.51. The van der Waals surface area contributed by atoms with Crippen molar-refractivity contribution >= 4 is 46.1 Å². The molecule has 296 valence electrons. The highest BCUT2D eigenvalue weighted by molar-refractivity contribution is 6.24. The smallest absolute Gasteiger partial charge is 0.266 e. The summed E-state index contributed by atoms with van der Waals surface area (Å²) in [6.07, 6.45) is 9.75. The van der Waals surface area contributed by atoms with E-state index in [1.54, 1.807) is 35.9 Å². The third-order valence-electron chi connectivity index (χ3n) is 11.7. The minimum Gasteiger partial charge on any atom is -0.493 e. The average molecular weight is 775 g/mol. The highest BCUT2D eigenvalue weighted by Gasteiger charge is 2.46. The Morgan fingerprint density at radius 3 is 2.42 bits per heavy atom. The fourth-order valence-electron chi connectivity index (χ4n) is 8.69. The number of ether oxygens (including phenoxy) is 1. The lowest BCUT2D eigenvalue weighted by atomic mass is 10.0. The molecule has 2 saturated heterocycles. The van der Waals surface area contributed by atoms with Crippen molar-refractivity contribution in [3.63, 3.8) is 0 Å². The van der Waals surface area contributed by atoms with Gasteiger partial charge in [0.05, 0.1) is 41.6 Å². The lowest BCUT2D eigenvalue weighted by Gasteiger charge is -2.36. The van der Waals surface area contributed by atoms with E-state index in [1.165, 1.54) is 6.92 Å². The van der Waals surface area contributed by atoms with Gasteiger partial charge in [-0.25, -0.2) is 9.97 Å². The Hall–Kier alpha value is -5.83. The van der Waals surface area contributed by atoms with Gasteiger partial charge >= 0.3 is 0 Å². The molecule has 0 bridgehead atoms. The van der Waals surface area contributed by atoms with E-state index in [2.05, 4.69) is 26.2 Å². The van der Waals surface area contributed by atoms with Gasteiger partial charge in [0.15, 0.2) is 5.78 Å². The molecule has 1 aliphatic carbocycles. The first kappa shape index (κ1) is 38.1. The van der Waals surface area contributed by atoms with Gasteiger partial charge in [-0.15, -0.1) is 0 Å². The van der Waals surface area contributed by atoms with Crippen molar-refractivity contribution in [1.82, 2.24) is 34.6 Å². The van der Waals surface area contributed by atoms with Crippen molar-refractivity contribution in [2.75, 3.05) is 44.2 Å². The lowest BCUT2D eigenvalue weighted by molar-refractivity contribution is -0.136.